The Morgan fingerprint density at radius 2 is 1.33 bits per heavy atom. The number of unbranched alkanes of at least 4 members (excludes halogenated alkanes) is 4. The number of benzene rings is 2. The summed E-state index contributed by atoms with van der Waals surface area (Å²) in [4.78, 5) is 65.3. The van der Waals surface area contributed by atoms with Crippen LogP contribution in [-0.4, -0.2) is 136 Å². The number of urea groups is 2. The van der Waals surface area contributed by atoms with E-state index in [0.29, 0.717) is 25.0 Å². The predicted molar refractivity (Wildman–Crippen MR) is 218 cm³/mol. The van der Waals surface area contributed by atoms with Crippen molar-refractivity contribution in [1.29, 1.82) is 0 Å². The minimum absolute atomic E-state index is 0.0138. The Labute approximate surface area is 373 Å². The minimum atomic E-state index is -4.80. The highest BCUT2D eigenvalue weighted by Gasteiger charge is 2.51. The molecule has 0 spiro atoms. The average Bonchev–Trinajstić information content (AvgIpc) is 3.25. The smallest absolute Gasteiger partial charge is 0.416 e. The molecular formula is C41H54F6N6O13. The molecule has 25 heteroatoms. The number of halogens is 6. The maximum Gasteiger partial charge on any atom is 0.416 e. The molecule has 11 N–H and O–H groups in total. The standard InChI is InChI=1S/C41H54F6N6O13/c1-2-3-4-5-6-13-29(56)50-25(14-15-30(57)58)36(61)52-31-27(18-54)64-20-26(51-38(62)48-23-11-7-9-21(16-23)40(42,43)44)35(31)66-37-32(34(60)33(59)28(19-55)65-37)53-39(63)49-24-12-8-10-22(17-24)41(45,46)47/h7-12,16-17,25-28,31-35,37,54-55,59-60H,2-6,13-15,18-20H2,1H3,(H,50,56)(H,52,61)(H,57,58)(H2,48,51,62)(H2,49,53,63)/t25?,26?,27?,28?,31-,32?,33-,34+,35+,37-/m0/s1. The molecule has 2 heterocycles. The van der Waals surface area contributed by atoms with Crippen molar-refractivity contribution >= 4 is 41.2 Å². The SMILES string of the molecule is CCCCCCCC(=O)NC(CCC(=O)O)C(=O)N[C@H]1C(CO)OCC(NC(=O)Nc2cccc(C(F)(F)F)c2)[C@H]1O[C@@H]1OC(CO)[C@H](O)[C@H](O)C1NC(=O)Nc1cccc(C(F)(F)F)c1. The van der Waals surface area contributed by atoms with Gasteiger partial charge in [-0.05, 0) is 49.2 Å². The predicted octanol–water partition coefficient (Wildman–Crippen LogP) is 2.81. The second-order valence-corrected chi connectivity index (χ2v) is 15.6. The molecule has 0 bridgehead atoms. The van der Waals surface area contributed by atoms with Crippen molar-refractivity contribution in [1.82, 2.24) is 21.3 Å². The van der Waals surface area contributed by atoms with E-state index in [1.165, 1.54) is 0 Å². The minimum Gasteiger partial charge on any atom is -0.481 e. The van der Waals surface area contributed by atoms with E-state index in [4.69, 9.17) is 14.2 Å². The molecule has 2 aromatic carbocycles. The van der Waals surface area contributed by atoms with Gasteiger partial charge in [-0.3, -0.25) is 14.4 Å². The van der Waals surface area contributed by atoms with Crippen LogP contribution in [0.2, 0.25) is 0 Å². The molecule has 10 atom stereocenters. The summed E-state index contributed by atoms with van der Waals surface area (Å²) in [7, 11) is 0. The summed E-state index contributed by atoms with van der Waals surface area (Å²) in [6.07, 6.45) is -17.6. The molecule has 2 aliphatic heterocycles. The zero-order chi connectivity index (χ0) is 48.8. The molecule has 6 amide bonds. The number of carbonyl (C=O) groups is 5. The number of alkyl halides is 6. The molecule has 2 aliphatic rings. The van der Waals surface area contributed by atoms with Crippen LogP contribution in [0.5, 0.6) is 0 Å². The molecule has 0 aliphatic carbocycles. The Hall–Kier alpha value is -5.31. The molecule has 5 unspecified atom stereocenters. The number of aliphatic hydroxyl groups is 4. The summed E-state index contributed by atoms with van der Waals surface area (Å²) in [5, 5.41) is 66.1. The number of amides is 6. The molecular weight excluding hydrogens is 898 g/mol. The van der Waals surface area contributed by atoms with Crippen molar-refractivity contribution < 1.29 is 90.1 Å². The van der Waals surface area contributed by atoms with Crippen LogP contribution in [0.15, 0.2) is 48.5 Å². The quantitative estimate of drug-likeness (QED) is 0.0674. The highest BCUT2D eigenvalue weighted by molar-refractivity contribution is 5.91. The van der Waals surface area contributed by atoms with Gasteiger partial charge in [0.25, 0.3) is 0 Å². The van der Waals surface area contributed by atoms with Crippen molar-refractivity contribution in [3.8, 4) is 0 Å². The first-order valence-electron chi connectivity index (χ1n) is 21.0. The molecule has 66 heavy (non-hydrogen) atoms. The second-order valence-electron chi connectivity index (χ2n) is 15.6. The third-order valence-electron chi connectivity index (χ3n) is 10.6. The summed E-state index contributed by atoms with van der Waals surface area (Å²) in [6.45, 7) is -0.431. The van der Waals surface area contributed by atoms with Crippen LogP contribution in [0, 0.1) is 0 Å². The van der Waals surface area contributed by atoms with Crippen LogP contribution >= 0.6 is 0 Å². The van der Waals surface area contributed by atoms with E-state index in [0.717, 1.165) is 55.7 Å². The number of hydrogen-bond acceptors (Lipinski definition) is 12. The van der Waals surface area contributed by atoms with E-state index in [2.05, 4.69) is 31.9 Å². The fourth-order valence-corrected chi connectivity index (χ4v) is 7.20. The number of hydrogen-bond donors (Lipinski definition) is 11. The number of carbonyl (C=O) groups excluding carboxylic acids is 4. The molecule has 368 valence electrons. The molecule has 0 radical (unpaired) electrons. The summed E-state index contributed by atoms with van der Waals surface area (Å²) in [5.41, 5.74) is -2.93. The average molecular weight is 953 g/mol. The summed E-state index contributed by atoms with van der Waals surface area (Å²) < 4.78 is 98.3. The lowest BCUT2D eigenvalue weighted by molar-refractivity contribution is -0.293. The highest BCUT2D eigenvalue weighted by atomic mass is 19.4. The zero-order valence-corrected chi connectivity index (χ0v) is 35.4. The van der Waals surface area contributed by atoms with Gasteiger partial charge in [0.05, 0.1) is 43.0 Å². The van der Waals surface area contributed by atoms with Crippen molar-refractivity contribution in [3.63, 3.8) is 0 Å². The first-order chi connectivity index (χ1) is 31.1. The third kappa shape index (κ3) is 15.7. The number of ether oxygens (including phenoxy) is 3. The largest absolute Gasteiger partial charge is 0.481 e. The highest BCUT2D eigenvalue weighted by Crippen LogP contribution is 2.33. The topological polar surface area (TPSA) is 286 Å². The monoisotopic (exact) mass is 952 g/mol. The Morgan fingerprint density at radius 3 is 1.88 bits per heavy atom. The van der Waals surface area contributed by atoms with Gasteiger partial charge in [0.2, 0.25) is 11.8 Å². The molecule has 0 saturated carbocycles. The van der Waals surface area contributed by atoms with Gasteiger partial charge in [-0.2, -0.15) is 26.3 Å². The Morgan fingerprint density at radius 1 is 0.758 bits per heavy atom. The Bertz CT molecular complexity index is 1950. The maximum atomic E-state index is 14.0. The number of nitrogens with one attached hydrogen (secondary N) is 6. The Kier molecular flexibility index (Phi) is 19.8. The first-order valence-corrected chi connectivity index (χ1v) is 21.0. The summed E-state index contributed by atoms with van der Waals surface area (Å²) in [6, 6.07) is -1.98. The van der Waals surface area contributed by atoms with Gasteiger partial charge >= 0.3 is 30.4 Å². The van der Waals surface area contributed by atoms with E-state index < -0.39 is 147 Å². The lowest BCUT2D eigenvalue weighted by Gasteiger charge is -2.47. The fourth-order valence-electron chi connectivity index (χ4n) is 7.20. The zero-order valence-electron chi connectivity index (χ0n) is 35.4. The number of carboxylic acid groups (broad SMARTS) is 1. The summed E-state index contributed by atoms with van der Waals surface area (Å²) in [5.74, 6) is -2.95. The van der Waals surface area contributed by atoms with E-state index in [1.807, 2.05) is 6.92 Å². The number of anilines is 2. The lowest BCUT2D eigenvalue weighted by Crippen LogP contribution is -2.71. The molecule has 4 rings (SSSR count). The third-order valence-corrected chi connectivity index (χ3v) is 10.6. The number of aliphatic carboxylic acids is 1. The van der Waals surface area contributed by atoms with Gasteiger partial charge in [-0.1, -0.05) is 44.7 Å². The van der Waals surface area contributed by atoms with Gasteiger partial charge in [-0.25, -0.2) is 9.59 Å². The van der Waals surface area contributed by atoms with E-state index in [9.17, 15) is 75.8 Å². The van der Waals surface area contributed by atoms with E-state index in [1.54, 1.807) is 0 Å². The van der Waals surface area contributed by atoms with Crippen molar-refractivity contribution in [3.05, 3.63) is 59.7 Å². The van der Waals surface area contributed by atoms with Crippen LogP contribution in [0.25, 0.3) is 0 Å². The van der Waals surface area contributed by atoms with Crippen LogP contribution in [0.3, 0.4) is 0 Å². The second kappa shape index (κ2) is 24.5. The molecule has 2 fully saturated rings. The number of aliphatic hydroxyl groups excluding tert-OH is 4. The molecule has 2 aromatic rings. The number of carboxylic acids is 1. The fraction of sp³-hybridized carbons (Fsp3) is 0.585. The van der Waals surface area contributed by atoms with Crippen molar-refractivity contribution in [2.45, 2.75) is 132 Å². The first kappa shape index (κ1) is 53.3. The van der Waals surface area contributed by atoms with E-state index in [-0.39, 0.29) is 17.8 Å². The van der Waals surface area contributed by atoms with Gasteiger partial charge < -0.3 is 71.6 Å². The van der Waals surface area contributed by atoms with Gasteiger partial charge in [0.15, 0.2) is 6.29 Å². The molecule has 2 saturated heterocycles. The molecule has 0 aromatic heterocycles. The molecule has 19 nitrogen and oxygen atoms in total. The van der Waals surface area contributed by atoms with Crippen LogP contribution in [0.4, 0.5) is 47.3 Å². The van der Waals surface area contributed by atoms with Gasteiger partial charge in [0.1, 0.15) is 42.6 Å². The Balaban J connectivity index is 1.69. The summed E-state index contributed by atoms with van der Waals surface area (Å²) >= 11 is 0. The van der Waals surface area contributed by atoms with E-state index >= 15 is 0 Å². The maximum absolute atomic E-state index is 14.0. The van der Waals surface area contributed by atoms with Gasteiger partial charge in [0, 0.05) is 24.2 Å². The van der Waals surface area contributed by atoms with Crippen molar-refractivity contribution in [2.75, 3.05) is 30.5 Å². The van der Waals surface area contributed by atoms with Crippen LogP contribution in [-0.2, 0) is 40.9 Å². The number of rotatable bonds is 20. The van der Waals surface area contributed by atoms with Gasteiger partial charge in [-0.15, -0.1) is 0 Å². The normalized spacial score (nSPS) is 24.9. The van der Waals surface area contributed by atoms with Crippen LogP contribution < -0.4 is 31.9 Å². The lowest BCUT2D eigenvalue weighted by atomic mass is 9.93. The van der Waals surface area contributed by atoms with Crippen LogP contribution in [0.1, 0.15) is 69.4 Å². The van der Waals surface area contributed by atoms with Crippen molar-refractivity contribution in [2.24, 2.45) is 0 Å².